The highest BCUT2D eigenvalue weighted by atomic mass is 16.6. The molecule has 0 spiro atoms. The standard InChI is InChI=1S/C23H34O4/c1-13-11-20-18(17-6-5-16(26)12-19(13)17)7-9-22(4)21(20)8-10-23(22,14(2)24)27-15(3)25/h13,17-21H,5-12H2,1-4H3/t13-,17+,18+,19-,20+,21-,22-,23-/m0/s1. The summed E-state index contributed by atoms with van der Waals surface area (Å²) in [5.74, 6) is 3.66. The zero-order valence-corrected chi connectivity index (χ0v) is 17.3. The number of rotatable bonds is 2. The largest absolute Gasteiger partial charge is 0.451 e. The molecule has 0 heterocycles. The van der Waals surface area contributed by atoms with E-state index in [1.165, 1.54) is 6.92 Å². The lowest BCUT2D eigenvalue weighted by molar-refractivity contribution is -0.188. The summed E-state index contributed by atoms with van der Waals surface area (Å²) < 4.78 is 5.83. The Kier molecular flexibility index (Phi) is 4.55. The van der Waals surface area contributed by atoms with Crippen LogP contribution in [0, 0.1) is 40.9 Å². The van der Waals surface area contributed by atoms with E-state index in [2.05, 4.69) is 13.8 Å². The number of carbonyl (C=O) groups is 3. The number of hydrogen-bond acceptors (Lipinski definition) is 4. The molecule has 0 N–H and O–H groups in total. The van der Waals surface area contributed by atoms with Gasteiger partial charge in [0.1, 0.15) is 5.78 Å². The van der Waals surface area contributed by atoms with E-state index in [9.17, 15) is 14.4 Å². The summed E-state index contributed by atoms with van der Waals surface area (Å²) in [6.07, 6.45) is 7.47. The summed E-state index contributed by atoms with van der Waals surface area (Å²) in [4.78, 5) is 36.6. The minimum absolute atomic E-state index is 0.0196. The molecule has 0 unspecified atom stereocenters. The Labute approximate surface area is 162 Å². The number of ether oxygens (including phenoxy) is 1. The van der Waals surface area contributed by atoms with Crippen LogP contribution >= 0.6 is 0 Å². The molecule has 0 aromatic carbocycles. The van der Waals surface area contributed by atoms with E-state index < -0.39 is 5.60 Å². The summed E-state index contributed by atoms with van der Waals surface area (Å²) in [7, 11) is 0. The third kappa shape index (κ3) is 2.65. The van der Waals surface area contributed by atoms with Crippen molar-refractivity contribution in [2.24, 2.45) is 40.9 Å². The smallest absolute Gasteiger partial charge is 0.303 e. The summed E-state index contributed by atoms with van der Waals surface area (Å²) >= 11 is 0. The predicted molar refractivity (Wildman–Crippen MR) is 102 cm³/mol. The summed E-state index contributed by atoms with van der Waals surface area (Å²) in [6.45, 7) is 7.58. The molecule has 4 aliphatic rings. The summed E-state index contributed by atoms with van der Waals surface area (Å²) in [5, 5.41) is 0. The van der Waals surface area contributed by atoms with Crippen LogP contribution in [0.15, 0.2) is 0 Å². The van der Waals surface area contributed by atoms with Crippen molar-refractivity contribution in [1.82, 2.24) is 0 Å². The van der Waals surface area contributed by atoms with Crippen LogP contribution in [0.25, 0.3) is 0 Å². The molecule has 4 rings (SSSR count). The van der Waals surface area contributed by atoms with Crippen molar-refractivity contribution in [2.75, 3.05) is 0 Å². The zero-order chi connectivity index (χ0) is 19.6. The molecule has 4 aliphatic carbocycles. The third-order valence-corrected chi connectivity index (χ3v) is 9.19. The average Bonchev–Trinajstić information content (AvgIpc) is 2.89. The summed E-state index contributed by atoms with van der Waals surface area (Å²) in [6, 6.07) is 0. The second kappa shape index (κ2) is 6.42. The van der Waals surface area contributed by atoms with Gasteiger partial charge in [0.05, 0.1) is 0 Å². The fraction of sp³-hybridized carbons (Fsp3) is 0.870. The quantitative estimate of drug-likeness (QED) is 0.675. The Hall–Kier alpha value is -1.19. The number of esters is 1. The molecular formula is C23H34O4. The van der Waals surface area contributed by atoms with E-state index in [1.54, 1.807) is 6.92 Å². The zero-order valence-electron chi connectivity index (χ0n) is 17.3. The second-order valence-electron chi connectivity index (χ2n) is 10.2. The maximum absolute atomic E-state index is 12.7. The molecule has 4 saturated carbocycles. The van der Waals surface area contributed by atoms with Crippen molar-refractivity contribution in [3.8, 4) is 0 Å². The molecule has 27 heavy (non-hydrogen) atoms. The molecule has 4 fully saturated rings. The predicted octanol–water partition coefficient (Wildman–Crippen LogP) is 4.35. The van der Waals surface area contributed by atoms with Crippen LogP contribution in [0.3, 0.4) is 0 Å². The van der Waals surface area contributed by atoms with Gasteiger partial charge in [-0.15, -0.1) is 0 Å². The number of fused-ring (bicyclic) bond motifs is 5. The van der Waals surface area contributed by atoms with Crippen molar-refractivity contribution in [1.29, 1.82) is 0 Å². The van der Waals surface area contributed by atoms with E-state index in [0.717, 1.165) is 44.9 Å². The van der Waals surface area contributed by atoms with Crippen LogP contribution in [-0.4, -0.2) is 23.1 Å². The molecule has 0 aromatic heterocycles. The van der Waals surface area contributed by atoms with Crippen molar-refractivity contribution < 1.29 is 19.1 Å². The maximum Gasteiger partial charge on any atom is 0.303 e. The molecule has 4 heteroatoms. The van der Waals surface area contributed by atoms with Gasteiger partial charge in [-0.1, -0.05) is 13.8 Å². The summed E-state index contributed by atoms with van der Waals surface area (Å²) in [5.41, 5.74) is -1.18. The molecule has 0 aliphatic heterocycles. The number of carbonyl (C=O) groups excluding carboxylic acids is 3. The highest BCUT2D eigenvalue weighted by Crippen LogP contribution is 2.66. The fourth-order valence-electron chi connectivity index (χ4n) is 8.07. The highest BCUT2D eigenvalue weighted by molar-refractivity contribution is 5.89. The monoisotopic (exact) mass is 374 g/mol. The average molecular weight is 375 g/mol. The first-order valence-electron chi connectivity index (χ1n) is 10.9. The van der Waals surface area contributed by atoms with Gasteiger partial charge in [-0.05, 0) is 81.0 Å². The Bertz CT molecular complexity index is 669. The molecule has 0 radical (unpaired) electrons. The Morgan fingerprint density at radius 1 is 1.00 bits per heavy atom. The van der Waals surface area contributed by atoms with Crippen molar-refractivity contribution in [3.05, 3.63) is 0 Å². The van der Waals surface area contributed by atoms with Gasteiger partial charge in [-0.25, -0.2) is 0 Å². The van der Waals surface area contributed by atoms with E-state index in [0.29, 0.717) is 47.7 Å². The van der Waals surface area contributed by atoms with Crippen LogP contribution < -0.4 is 0 Å². The first kappa shape index (κ1) is 19.1. The Morgan fingerprint density at radius 3 is 2.37 bits per heavy atom. The lowest BCUT2D eigenvalue weighted by atomic mass is 9.47. The molecule has 0 amide bonds. The topological polar surface area (TPSA) is 60.4 Å². The third-order valence-electron chi connectivity index (χ3n) is 9.19. The van der Waals surface area contributed by atoms with Crippen LogP contribution in [0.2, 0.25) is 0 Å². The second-order valence-corrected chi connectivity index (χ2v) is 10.2. The van der Waals surface area contributed by atoms with E-state index >= 15 is 0 Å². The lowest BCUT2D eigenvalue weighted by Crippen LogP contribution is -2.58. The van der Waals surface area contributed by atoms with Crippen LogP contribution in [0.4, 0.5) is 0 Å². The normalized spacial score (nSPS) is 49.0. The molecule has 0 bridgehead atoms. The molecule has 150 valence electrons. The van der Waals surface area contributed by atoms with Crippen LogP contribution in [-0.2, 0) is 19.1 Å². The highest BCUT2D eigenvalue weighted by Gasteiger charge is 2.67. The first-order chi connectivity index (χ1) is 12.7. The molecular weight excluding hydrogens is 340 g/mol. The minimum atomic E-state index is -0.933. The van der Waals surface area contributed by atoms with Crippen molar-refractivity contribution >= 4 is 17.5 Å². The SMILES string of the molecule is CC(=O)O[C@]1(C(C)=O)CC[C@H]2[C@@H]3C[C@H](C)[C@@H]4CC(=O)CC[C@@H]4[C@H]3CC[C@@]21C. The van der Waals surface area contributed by atoms with E-state index in [4.69, 9.17) is 4.74 Å². The van der Waals surface area contributed by atoms with Gasteiger partial charge in [-0.2, -0.15) is 0 Å². The molecule has 8 atom stereocenters. The van der Waals surface area contributed by atoms with Gasteiger partial charge < -0.3 is 4.74 Å². The number of Topliss-reactive ketones (excluding diaryl/α,β-unsaturated/α-hetero) is 2. The number of ketones is 2. The van der Waals surface area contributed by atoms with Gasteiger partial charge in [0.15, 0.2) is 11.4 Å². The maximum atomic E-state index is 12.7. The number of hydrogen-bond donors (Lipinski definition) is 0. The first-order valence-corrected chi connectivity index (χ1v) is 10.9. The van der Waals surface area contributed by atoms with Gasteiger partial charge in [0.25, 0.3) is 0 Å². The van der Waals surface area contributed by atoms with Gasteiger partial charge in [0.2, 0.25) is 0 Å². The minimum Gasteiger partial charge on any atom is -0.451 e. The van der Waals surface area contributed by atoms with Crippen molar-refractivity contribution in [2.45, 2.75) is 84.7 Å². The van der Waals surface area contributed by atoms with Gasteiger partial charge in [-0.3, -0.25) is 14.4 Å². The Morgan fingerprint density at radius 2 is 1.70 bits per heavy atom. The lowest BCUT2D eigenvalue weighted by Gasteiger charge is -2.58. The molecule has 0 aromatic rings. The van der Waals surface area contributed by atoms with Crippen LogP contribution in [0.5, 0.6) is 0 Å². The fourth-order valence-corrected chi connectivity index (χ4v) is 8.07. The van der Waals surface area contributed by atoms with E-state index in [1.807, 2.05) is 0 Å². The molecule has 4 nitrogen and oxygen atoms in total. The van der Waals surface area contributed by atoms with E-state index in [-0.39, 0.29) is 17.2 Å². The van der Waals surface area contributed by atoms with Gasteiger partial charge >= 0.3 is 5.97 Å². The van der Waals surface area contributed by atoms with Gasteiger partial charge in [0, 0.05) is 25.2 Å². The molecule has 0 saturated heterocycles. The Balaban J connectivity index is 1.66. The van der Waals surface area contributed by atoms with Crippen LogP contribution in [0.1, 0.15) is 79.1 Å². The van der Waals surface area contributed by atoms with Crippen molar-refractivity contribution in [3.63, 3.8) is 0 Å².